The number of rotatable bonds is 2. The Labute approximate surface area is 94.6 Å². The summed E-state index contributed by atoms with van der Waals surface area (Å²) in [5.41, 5.74) is 5.13. The third-order valence-corrected chi connectivity index (χ3v) is 1.45. The van der Waals surface area contributed by atoms with Gasteiger partial charge in [-0.05, 0) is 6.07 Å². The molecule has 1 aromatic rings. The fourth-order valence-corrected chi connectivity index (χ4v) is 0.829. The molecule has 0 aromatic carbocycles. The van der Waals surface area contributed by atoms with Crippen molar-refractivity contribution in [2.24, 2.45) is 5.73 Å². The van der Waals surface area contributed by atoms with E-state index in [9.17, 15) is 18.0 Å². The van der Waals surface area contributed by atoms with Gasteiger partial charge in [0.25, 0.3) is 5.91 Å². The van der Waals surface area contributed by atoms with Crippen LogP contribution < -0.4 is 10.5 Å². The van der Waals surface area contributed by atoms with E-state index < -0.39 is 18.7 Å². The Morgan fingerprint density at radius 2 is 2.18 bits per heavy atom. The summed E-state index contributed by atoms with van der Waals surface area (Å²) in [7, 11) is 0. The Morgan fingerprint density at radius 3 is 2.65 bits per heavy atom. The van der Waals surface area contributed by atoms with Crippen LogP contribution >= 0.6 is 0 Å². The molecule has 1 aromatic heterocycles. The van der Waals surface area contributed by atoms with Crippen molar-refractivity contribution in [3.05, 3.63) is 23.9 Å². The molecular weight excluding hydrogens is 237 g/mol. The highest BCUT2D eigenvalue weighted by atomic mass is 19.4. The van der Waals surface area contributed by atoms with Crippen molar-refractivity contribution < 1.29 is 22.7 Å². The first kappa shape index (κ1) is 12.8. The number of nitrogens with two attached hydrogens (primary N) is 1. The highest BCUT2D eigenvalue weighted by Crippen LogP contribution is 2.16. The minimum absolute atomic E-state index is 0.174. The zero-order valence-corrected chi connectivity index (χ0v) is 8.41. The van der Waals surface area contributed by atoms with Crippen LogP contribution in [-0.4, -0.2) is 23.7 Å². The van der Waals surface area contributed by atoms with Crippen LogP contribution in [0.15, 0.2) is 18.3 Å². The first-order valence-corrected chi connectivity index (χ1v) is 4.34. The standard InChI is InChI=1S/C10H7F3N2O2/c11-10(12,13)6-17-9-4-2-7(5-15-9)1-3-8(14)16/h2,4-5H,6H2,(H2,14,16). The van der Waals surface area contributed by atoms with Crippen LogP contribution in [0.3, 0.4) is 0 Å². The summed E-state index contributed by atoms with van der Waals surface area (Å²) in [6.45, 7) is -1.41. The fraction of sp³-hybridized carbons (Fsp3) is 0.200. The van der Waals surface area contributed by atoms with Crippen LogP contribution in [-0.2, 0) is 4.79 Å². The van der Waals surface area contributed by atoms with E-state index in [1.807, 2.05) is 0 Å². The van der Waals surface area contributed by atoms with Crippen LogP contribution in [0.5, 0.6) is 5.88 Å². The Bertz CT molecular complexity index is 457. The predicted octanol–water partition coefficient (Wildman–Crippen LogP) is 0.860. The van der Waals surface area contributed by atoms with Gasteiger partial charge >= 0.3 is 6.18 Å². The molecule has 0 saturated carbocycles. The van der Waals surface area contributed by atoms with Crippen LogP contribution in [0, 0.1) is 11.8 Å². The second-order valence-electron chi connectivity index (χ2n) is 2.90. The number of halogens is 3. The van der Waals surface area contributed by atoms with E-state index in [1.165, 1.54) is 18.3 Å². The predicted molar refractivity (Wildman–Crippen MR) is 51.9 cm³/mol. The molecule has 0 unspecified atom stereocenters. The fourth-order valence-electron chi connectivity index (χ4n) is 0.829. The Balaban J connectivity index is 2.63. The molecule has 0 spiro atoms. The van der Waals surface area contributed by atoms with Gasteiger partial charge in [0.15, 0.2) is 6.61 Å². The lowest BCUT2D eigenvalue weighted by molar-refractivity contribution is -0.154. The van der Waals surface area contributed by atoms with Crippen molar-refractivity contribution in [2.75, 3.05) is 6.61 Å². The molecule has 0 radical (unpaired) electrons. The van der Waals surface area contributed by atoms with Gasteiger partial charge in [-0.2, -0.15) is 13.2 Å². The number of amides is 1. The van der Waals surface area contributed by atoms with Crippen LogP contribution in [0.25, 0.3) is 0 Å². The molecule has 1 rings (SSSR count). The summed E-state index contributed by atoms with van der Waals surface area (Å²) in [6, 6.07) is 2.59. The molecule has 2 N–H and O–H groups in total. The largest absolute Gasteiger partial charge is 0.468 e. The number of pyridine rings is 1. The van der Waals surface area contributed by atoms with Gasteiger partial charge in [0, 0.05) is 23.7 Å². The lowest BCUT2D eigenvalue weighted by atomic mass is 10.3. The molecule has 90 valence electrons. The Morgan fingerprint density at radius 1 is 1.47 bits per heavy atom. The first-order chi connectivity index (χ1) is 7.87. The van der Waals surface area contributed by atoms with E-state index in [4.69, 9.17) is 5.73 Å². The number of nitrogens with zero attached hydrogens (tertiary/aromatic N) is 1. The summed E-state index contributed by atoms with van der Waals surface area (Å²) in [6.07, 6.45) is -3.23. The average molecular weight is 244 g/mol. The molecule has 0 saturated heterocycles. The van der Waals surface area contributed by atoms with Crippen molar-refractivity contribution in [1.82, 2.24) is 4.98 Å². The Kier molecular flexibility index (Phi) is 3.93. The van der Waals surface area contributed by atoms with Gasteiger partial charge in [0.1, 0.15) is 0 Å². The maximum absolute atomic E-state index is 11.8. The number of hydrogen-bond acceptors (Lipinski definition) is 3. The second kappa shape index (κ2) is 5.21. The molecule has 0 aliphatic heterocycles. The summed E-state index contributed by atoms with van der Waals surface area (Å²) in [4.78, 5) is 13.9. The minimum atomic E-state index is -4.41. The molecule has 0 aliphatic carbocycles. The molecule has 0 fully saturated rings. The van der Waals surface area contributed by atoms with Gasteiger partial charge in [-0.1, -0.05) is 5.92 Å². The SMILES string of the molecule is NC(=O)C#Cc1ccc(OCC(F)(F)F)nc1. The van der Waals surface area contributed by atoms with Gasteiger partial charge < -0.3 is 10.5 Å². The number of carbonyl (C=O) groups excluding carboxylic acids is 1. The minimum Gasteiger partial charge on any atom is -0.468 e. The van der Waals surface area contributed by atoms with Crippen molar-refractivity contribution in [1.29, 1.82) is 0 Å². The summed E-state index contributed by atoms with van der Waals surface area (Å²) in [5.74, 6) is 3.47. The van der Waals surface area contributed by atoms with Crippen molar-refractivity contribution in [2.45, 2.75) is 6.18 Å². The molecule has 17 heavy (non-hydrogen) atoms. The van der Waals surface area contributed by atoms with E-state index >= 15 is 0 Å². The number of primary amides is 1. The van der Waals surface area contributed by atoms with E-state index in [0.717, 1.165) is 0 Å². The molecule has 7 heteroatoms. The second-order valence-corrected chi connectivity index (χ2v) is 2.90. The lowest BCUT2D eigenvalue weighted by Gasteiger charge is -2.07. The maximum atomic E-state index is 11.8. The monoisotopic (exact) mass is 244 g/mol. The zero-order chi connectivity index (χ0) is 12.9. The third kappa shape index (κ3) is 5.41. The number of hydrogen-bond donors (Lipinski definition) is 1. The highest BCUT2D eigenvalue weighted by Gasteiger charge is 2.28. The molecule has 0 bridgehead atoms. The lowest BCUT2D eigenvalue weighted by Crippen LogP contribution is -2.19. The van der Waals surface area contributed by atoms with E-state index in [1.54, 1.807) is 0 Å². The summed E-state index contributed by atoms with van der Waals surface area (Å²) >= 11 is 0. The van der Waals surface area contributed by atoms with Crippen LogP contribution in [0.1, 0.15) is 5.56 Å². The highest BCUT2D eigenvalue weighted by molar-refractivity contribution is 5.92. The Hall–Kier alpha value is -2.23. The summed E-state index contributed by atoms with van der Waals surface area (Å²) < 4.78 is 39.8. The van der Waals surface area contributed by atoms with E-state index in [2.05, 4.69) is 21.6 Å². The van der Waals surface area contributed by atoms with Crippen molar-refractivity contribution in [3.8, 4) is 17.7 Å². The van der Waals surface area contributed by atoms with Gasteiger partial charge in [-0.3, -0.25) is 4.79 Å². The topological polar surface area (TPSA) is 65.2 Å². The molecule has 0 atom stereocenters. The maximum Gasteiger partial charge on any atom is 0.422 e. The first-order valence-electron chi connectivity index (χ1n) is 4.34. The van der Waals surface area contributed by atoms with Gasteiger partial charge in [0.05, 0.1) is 0 Å². The quantitative estimate of drug-likeness (QED) is 0.784. The van der Waals surface area contributed by atoms with Gasteiger partial charge in [0.2, 0.25) is 5.88 Å². The number of alkyl halides is 3. The van der Waals surface area contributed by atoms with Gasteiger partial charge in [-0.25, -0.2) is 4.98 Å². The third-order valence-electron chi connectivity index (χ3n) is 1.45. The molecule has 1 heterocycles. The smallest absolute Gasteiger partial charge is 0.422 e. The summed E-state index contributed by atoms with van der Waals surface area (Å²) in [5, 5.41) is 0. The number of carbonyl (C=O) groups is 1. The molecule has 1 amide bonds. The molecular formula is C10H7F3N2O2. The zero-order valence-electron chi connectivity index (χ0n) is 8.41. The van der Waals surface area contributed by atoms with Gasteiger partial charge in [-0.15, -0.1) is 0 Å². The normalized spacial score (nSPS) is 10.3. The van der Waals surface area contributed by atoms with Crippen LogP contribution in [0.4, 0.5) is 13.2 Å². The van der Waals surface area contributed by atoms with Crippen LogP contribution in [0.2, 0.25) is 0 Å². The van der Waals surface area contributed by atoms with Crippen molar-refractivity contribution >= 4 is 5.91 Å². The number of ether oxygens (including phenoxy) is 1. The molecule has 4 nitrogen and oxygen atoms in total. The van der Waals surface area contributed by atoms with E-state index in [-0.39, 0.29) is 5.88 Å². The average Bonchev–Trinajstić information content (AvgIpc) is 2.24. The molecule has 0 aliphatic rings. The van der Waals surface area contributed by atoms with E-state index in [0.29, 0.717) is 5.56 Å². The number of aromatic nitrogens is 1. The van der Waals surface area contributed by atoms with Crippen molar-refractivity contribution in [3.63, 3.8) is 0 Å².